The first kappa shape index (κ1) is 16.1. The van der Waals surface area contributed by atoms with Crippen molar-refractivity contribution >= 4 is 53.2 Å². The van der Waals surface area contributed by atoms with Crippen LogP contribution in [0.5, 0.6) is 0 Å². The van der Waals surface area contributed by atoms with Crippen molar-refractivity contribution in [2.24, 2.45) is 0 Å². The predicted octanol–water partition coefficient (Wildman–Crippen LogP) is 3.80. The van der Waals surface area contributed by atoms with Crippen LogP contribution in [0.1, 0.15) is 11.3 Å². The van der Waals surface area contributed by atoms with Gasteiger partial charge < -0.3 is 0 Å². The summed E-state index contributed by atoms with van der Waals surface area (Å²) in [6, 6.07) is 3.40. The monoisotopic (exact) mass is 438 g/mol. The van der Waals surface area contributed by atoms with Gasteiger partial charge in [-0.3, -0.25) is 0 Å². The lowest BCUT2D eigenvalue weighted by Gasteiger charge is -2.17. The molecule has 0 unspecified atom stereocenters. The molecule has 0 fully saturated rings. The van der Waals surface area contributed by atoms with E-state index in [0.717, 1.165) is 15.7 Å². The third-order valence-corrected chi connectivity index (χ3v) is 7.02. The molecule has 0 atom stereocenters. The Bertz CT molecular complexity index is 715. The van der Waals surface area contributed by atoms with Crippen LogP contribution in [0, 0.1) is 6.92 Å². The van der Waals surface area contributed by atoms with Crippen molar-refractivity contribution in [3.63, 3.8) is 0 Å². The van der Waals surface area contributed by atoms with E-state index in [-0.39, 0.29) is 11.4 Å². The first-order chi connectivity index (χ1) is 9.32. The molecule has 1 aromatic carbocycles. The van der Waals surface area contributed by atoms with Crippen LogP contribution in [0.3, 0.4) is 0 Å². The van der Waals surface area contributed by atoms with E-state index in [0.29, 0.717) is 4.47 Å². The third-order valence-electron chi connectivity index (χ3n) is 2.77. The summed E-state index contributed by atoms with van der Waals surface area (Å²) in [5, 5.41) is 1.84. The lowest BCUT2D eigenvalue weighted by molar-refractivity contribution is 0.462. The van der Waals surface area contributed by atoms with Crippen LogP contribution < -0.4 is 0 Å². The molecule has 2 aromatic rings. The average molecular weight is 440 g/mol. The number of halogens is 2. The Morgan fingerprint density at radius 1 is 1.30 bits per heavy atom. The molecule has 0 aliphatic carbocycles. The predicted molar refractivity (Wildman–Crippen MR) is 87.3 cm³/mol. The zero-order chi connectivity index (χ0) is 14.9. The van der Waals surface area contributed by atoms with Crippen molar-refractivity contribution in [2.45, 2.75) is 18.4 Å². The number of hydrogen-bond acceptors (Lipinski definition) is 4. The molecule has 0 aliphatic heterocycles. The van der Waals surface area contributed by atoms with Gasteiger partial charge in [-0.05, 0) is 40.5 Å². The lowest BCUT2D eigenvalue weighted by atomic mass is 10.2. The molecule has 0 amide bonds. The number of rotatable bonds is 4. The average Bonchev–Trinajstić information content (AvgIpc) is 2.86. The summed E-state index contributed by atoms with van der Waals surface area (Å²) in [7, 11) is -2.01. The Balaban J connectivity index is 2.37. The second kappa shape index (κ2) is 6.23. The van der Waals surface area contributed by atoms with E-state index in [1.807, 2.05) is 12.3 Å². The number of hydrogen-bond donors (Lipinski definition) is 0. The van der Waals surface area contributed by atoms with Gasteiger partial charge in [0.05, 0.1) is 22.6 Å². The molecule has 0 saturated heterocycles. The fourth-order valence-electron chi connectivity index (χ4n) is 1.62. The van der Waals surface area contributed by atoms with E-state index < -0.39 is 10.0 Å². The molecule has 0 bridgehead atoms. The van der Waals surface area contributed by atoms with Crippen molar-refractivity contribution in [2.75, 3.05) is 7.05 Å². The Hall–Kier alpha value is -0.280. The van der Waals surface area contributed by atoms with E-state index in [4.69, 9.17) is 0 Å². The highest BCUT2D eigenvalue weighted by Gasteiger charge is 2.24. The largest absolute Gasteiger partial charge is 0.248 e. The zero-order valence-corrected chi connectivity index (χ0v) is 15.6. The van der Waals surface area contributed by atoms with E-state index >= 15 is 0 Å². The van der Waals surface area contributed by atoms with Crippen molar-refractivity contribution in [3.8, 4) is 0 Å². The van der Waals surface area contributed by atoms with Gasteiger partial charge in [0, 0.05) is 21.4 Å². The van der Waals surface area contributed by atoms with Gasteiger partial charge in [0.2, 0.25) is 10.0 Å². The van der Waals surface area contributed by atoms with Crippen LogP contribution in [-0.4, -0.2) is 24.8 Å². The highest BCUT2D eigenvalue weighted by Crippen LogP contribution is 2.30. The molecule has 2 rings (SSSR count). The van der Waals surface area contributed by atoms with Crippen LogP contribution in [0.15, 0.2) is 36.9 Å². The second-order valence-corrected chi connectivity index (χ2v) is 8.71. The standard InChI is InChI=1S/C12H12Br2N2O2S2/c1-8-3-11(14)12(4-10(8)13)20(17,18)16(2)5-9-6-19-7-15-9/h3-4,6-7H,5H2,1-2H3. The first-order valence-corrected chi connectivity index (χ1v) is 9.58. The molecule has 8 heteroatoms. The molecule has 0 aliphatic rings. The Morgan fingerprint density at radius 3 is 2.60 bits per heavy atom. The summed E-state index contributed by atoms with van der Waals surface area (Å²) in [5.74, 6) is 0. The third kappa shape index (κ3) is 3.30. The van der Waals surface area contributed by atoms with Gasteiger partial charge in [0.25, 0.3) is 0 Å². The normalized spacial score (nSPS) is 12.1. The molecule has 108 valence electrons. The van der Waals surface area contributed by atoms with Crippen LogP contribution in [0.25, 0.3) is 0 Å². The molecule has 0 spiro atoms. The molecular formula is C12H12Br2N2O2S2. The number of sulfonamides is 1. The topological polar surface area (TPSA) is 50.3 Å². The van der Waals surface area contributed by atoms with E-state index in [9.17, 15) is 8.42 Å². The molecule has 1 heterocycles. The molecular weight excluding hydrogens is 428 g/mol. The molecule has 0 saturated carbocycles. The van der Waals surface area contributed by atoms with Crippen molar-refractivity contribution in [1.82, 2.24) is 9.29 Å². The van der Waals surface area contributed by atoms with Crippen LogP contribution >= 0.6 is 43.2 Å². The van der Waals surface area contributed by atoms with Crippen LogP contribution in [0.2, 0.25) is 0 Å². The minimum absolute atomic E-state index is 0.243. The van der Waals surface area contributed by atoms with Gasteiger partial charge >= 0.3 is 0 Å². The summed E-state index contributed by atoms with van der Waals surface area (Å²) in [5.41, 5.74) is 3.40. The number of aryl methyl sites for hydroxylation is 1. The van der Waals surface area contributed by atoms with Crippen LogP contribution in [-0.2, 0) is 16.6 Å². The van der Waals surface area contributed by atoms with Gasteiger partial charge in [-0.15, -0.1) is 11.3 Å². The lowest BCUT2D eigenvalue weighted by Crippen LogP contribution is -2.27. The Kier molecular flexibility index (Phi) is 5.01. The maximum atomic E-state index is 12.6. The fourth-order valence-corrected chi connectivity index (χ4v) is 4.95. The minimum Gasteiger partial charge on any atom is -0.248 e. The Labute approximate surface area is 139 Å². The van der Waals surface area contributed by atoms with E-state index in [1.165, 1.54) is 15.6 Å². The van der Waals surface area contributed by atoms with Gasteiger partial charge in [-0.1, -0.05) is 15.9 Å². The highest BCUT2D eigenvalue weighted by atomic mass is 79.9. The van der Waals surface area contributed by atoms with Gasteiger partial charge in [0.1, 0.15) is 0 Å². The quantitative estimate of drug-likeness (QED) is 0.727. The number of thiazole rings is 1. The van der Waals surface area contributed by atoms with Crippen molar-refractivity contribution in [1.29, 1.82) is 0 Å². The molecule has 0 radical (unpaired) electrons. The maximum Gasteiger partial charge on any atom is 0.244 e. The second-order valence-electron chi connectivity index (χ2n) is 4.27. The molecule has 20 heavy (non-hydrogen) atoms. The fraction of sp³-hybridized carbons (Fsp3) is 0.250. The zero-order valence-electron chi connectivity index (χ0n) is 10.8. The number of aromatic nitrogens is 1. The van der Waals surface area contributed by atoms with E-state index in [2.05, 4.69) is 36.8 Å². The molecule has 4 nitrogen and oxygen atoms in total. The van der Waals surface area contributed by atoms with E-state index in [1.54, 1.807) is 24.7 Å². The summed E-state index contributed by atoms with van der Waals surface area (Å²) in [6.07, 6.45) is 0. The van der Waals surface area contributed by atoms with Crippen molar-refractivity contribution in [3.05, 3.63) is 43.2 Å². The summed E-state index contributed by atoms with van der Waals surface area (Å²) in [6.45, 7) is 2.16. The smallest absolute Gasteiger partial charge is 0.244 e. The summed E-state index contributed by atoms with van der Waals surface area (Å²) >= 11 is 8.14. The first-order valence-electron chi connectivity index (χ1n) is 5.61. The number of benzene rings is 1. The molecule has 0 N–H and O–H groups in total. The maximum absolute atomic E-state index is 12.6. The summed E-state index contributed by atoms with van der Waals surface area (Å²) < 4.78 is 27.8. The van der Waals surface area contributed by atoms with Gasteiger partial charge in [0.15, 0.2) is 0 Å². The highest BCUT2D eigenvalue weighted by molar-refractivity contribution is 9.11. The SMILES string of the molecule is Cc1cc(Br)c(S(=O)(=O)N(C)Cc2cscn2)cc1Br. The number of nitrogens with zero attached hydrogens (tertiary/aromatic N) is 2. The summed E-state index contributed by atoms with van der Waals surface area (Å²) in [4.78, 5) is 4.35. The van der Waals surface area contributed by atoms with Gasteiger partial charge in [-0.25, -0.2) is 13.4 Å². The Morgan fingerprint density at radius 2 is 2.00 bits per heavy atom. The molecule has 1 aromatic heterocycles. The van der Waals surface area contributed by atoms with Crippen molar-refractivity contribution < 1.29 is 8.42 Å². The minimum atomic E-state index is -3.56. The van der Waals surface area contributed by atoms with Crippen LogP contribution in [0.4, 0.5) is 0 Å². The van der Waals surface area contributed by atoms with Gasteiger partial charge in [-0.2, -0.15) is 4.31 Å².